The molecule has 0 saturated carbocycles. The van der Waals surface area contributed by atoms with Crippen molar-refractivity contribution in [2.24, 2.45) is 5.92 Å². The largest absolute Gasteiger partial charge is 1.00 e. The van der Waals surface area contributed by atoms with Crippen molar-refractivity contribution in [3.05, 3.63) is 47.3 Å². The minimum absolute atomic E-state index is 0. The summed E-state index contributed by atoms with van der Waals surface area (Å²) in [5, 5.41) is 18.7. The molecule has 0 aliphatic heterocycles. The van der Waals surface area contributed by atoms with Gasteiger partial charge in [0.15, 0.2) is 0 Å². The Hall–Kier alpha value is -1.29. The fraction of sp³-hybridized carbons (Fsp3) is 0.368. The number of hydrogen-bond donors (Lipinski definition) is 2. The van der Waals surface area contributed by atoms with E-state index in [-0.39, 0.29) is 61.0 Å². The molecule has 0 bridgehead atoms. The van der Waals surface area contributed by atoms with Gasteiger partial charge >= 0.3 is 29.6 Å². The molecule has 7 nitrogen and oxygen atoms in total. The Balaban J connectivity index is 0.00000280. The molecule has 9 heteroatoms. The third kappa shape index (κ3) is 5.20. The monoisotopic (exact) mass is 411 g/mol. The Kier molecular flexibility index (Phi) is 8.60. The summed E-state index contributed by atoms with van der Waals surface area (Å²) in [4.78, 5) is 13.1. The SMILES string of the molecule is Cc1cnc(CS(=O)c2nc3ccccc3[n-]2)c(C)c1OCC(CO)CO.[Na+]. The van der Waals surface area contributed by atoms with Crippen LogP contribution >= 0.6 is 0 Å². The van der Waals surface area contributed by atoms with Gasteiger partial charge in [0, 0.05) is 28.4 Å². The molecular formula is C19H22N3NaO4S. The van der Waals surface area contributed by atoms with Gasteiger partial charge in [0.25, 0.3) is 0 Å². The first-order valence-electron chi connectivity index (χ1n) is 8.61. The number of ether oxygens (including phenoxy) is 1. The van der Waals surface area contributed by atoms with Gasteiger partial charge in [-0.05, 0) is 24.9 Å². The molecule has 0 fully saturated rings. The van der Waals surface area contributed by atoms with Crippen LogP contribution in [0.15, 0.2) is 35.6 Å². The van der Waals surface area contributed by atoms with Gasteiger partial charge < -0.3 is 24.9 Å². The van der Waals surface area contributed by atoms with Crippen molar-refractivity contribution in [3.8, 4) is 5.75 Å². The number of fused-ring (bicyclic) bond motifs is 1. The molecule has 3 rings (SSSR count). The topological polar surface area (TPSA) is 107 Å². The van der Waals surface area contributed by atoms with Gasteiger partial charge in [0.2, 0.25) is 0 Å². The molecule has 1 unspecified atom stereocenters. The molecule has 0 amide bonds. The number of hydrogen-bond acceptors (Lipinski definition) is 6. The van der Waals surface area contributed by atoms with Gasteiger partial charge in [0.05, 0.1) is 42.1 Å². The maximum absolute atomic E-state index is 12.7. The Labute approximate surface area is 188 Å². The van der Waals surface area contributed by atoms with Crippen LogP contribution in [0, 0.1) is 19.8 Å². The Bertz CT molecular complexity index is 927. The summed E-state index contributed by atoms with van der Waals surface area (Å²) in [5.74, 6) is 0.472. The van der Waals surface area contributed by atoms with E-state index >= 15 is 0 Å². The molecule has 0 radical (unpaired) electrons. The van der Waals surface area contributed by atoms with Crippen molar-refractivity contribution in [3.63, 3.8) is 0 Å². The van der Waals surface area contributed by atoms with E-state index in [4.69, 9.17) is 4.74 Å². The first-order valence-corrected chi connectivity index (χ1v) is 9.92. The number of aliphatic hydroxyl groups excluding tert-OH is 2. The van der Waals surface area contributed by atoms with Crippen LogP contribution in [-0.4, -0.2) is 44.2 Å². The number of imidazole rings is 1. The standard InChI is InChI=1S/C19H22N3O4S.Na/c1-12-7-20-17(13(2)18(12)26-10-14(8-23)9-24)11-27(25)19-21-15-5-3-4-6-16(15)22-19;/h3-7,14,23-24H,8-11H2,1-2H3;/q-1;+1. The number of pyridine rings is 1. The number of nitrogens with zero attached hydrogens (tertiary/aromatic N) is 3. The van der Waals surface area contributed by atoms with Crippen molar-refractivity contribution in [1.29, 1.82) is 0 Å². The number of para-hydroxylation sites is 2. The molecule has 0 spiro atoms. The first-order chi connectivity index (χ1) is 13.0. The Morgan fingerprint density at radius 2 is 1.93 bits per heavy atom. The zero-order valence-electron chi connectivity index (χ0n) is 16.3. The molecule has 144 valence electrons. The van der Waals surface area contributed by atoms with Gasteiger partial charge in [-0.3, -0.25) is 9.19 Å². The minimum Gasteiger partial charge on any atom is -0.492 e. The number of rotatable bonds is 8. The number of aromatic nitrogens is 3. The summed E-state index contributed by atoms with van der Waals surface area (Å²) in [6.07, 6.45) is 1.67. The average Bonchev–Trinajstić information content (AvgIpc) is 3.11. The maximum Gasteiger partial charge on any atom is 1.00 e. The van der Waals surface area contributed by atoms with E-state index in [1.54, 1.807) is 6.20 Å². The number of benzene rings is 1. The van der Waals surface area contributed by atoms with Crippen LogP contribution in [0.3, 0.4) is 0 Å². The summed E-state index contributed by atoms with van der Waals surface area (Å²) in [6.45, 7) is 3.61. The summed E-state index contributed by atoms with van der Waals surface area (Å²) >= 11 is 0. The smallest absolute Gasteiger partial charge is 0.492 e. The maximum atomic E-state index is 12.7. The zero-order chi connectivity index (χ0) is 19.4. The third-order valence-corrected chi connectivity index (χ3v) is 5.44. The van der Waals surface area contributed by atoms with Crippen molar-refractivity contribution >= 4 is 21.8 Å². The first kappa shape index (κ1) is 23.0. The van der Waals surface area contributed by atoms with Crippen molar-refractivity contribution < 1.29 is 48.7 Å². The van der Waals surface area contributed by atoms with Crippen LogP contribution < -0.4 is 39.3 Å². The van der Waals surface area contributed by atoms with Gasteiger partial charge in [-0.1, -0.05) is 24.3 Å². The second-order valence-corrected chi connectivity index (χ2v) is 7.71. The fourth-order valence-corrected chi connectivity index (χ4v) is 3.73. The van der Waals surface area contributed by atoms with Crippen LogP contribution in [0.4, 0.5) is 0 Å². The second kappa shape index (κ2) is 10.5. The molecule has 2 heterocycles. The zero-order valence-corrected chi connectivity index (χ0v) is 19.1. The van der Waals surface area contributed by atoms with E-state index in [0.29, 0.717) is 16.6 Å². The summed E-state index contributed by atoms with van der Waals surface area (Å²) in [6, 6.07) is 7.41. The average molecular weight is 411 g/mol. The van der Waals surface area contributed by atoms with Gasteiger partial charge in [-0.2, -0.15) is 0 Å². The second-order valence-electron chi connectivity index (χ2n) is 6.37. The Morgan fingerprint density at radius 3 is 2.61 bits per heavy atom. The van der Waals surface area contributed by atoms with E-state index in [9.17, 15) is 14.4 Å². The van der Waals surface area contributed by atoms with E-state index in [0.717, 1.165) is 22.2 Å². The number of aliphatic hydroxyl groups is 2. The number of aryl methyl sites for hydroxylation is 1. The van der Waals surface area contributed by atoms with Crippen LogP contribution in [-0.2, 0) is 16.6 Å². The van der Waals surface area contributed by atoms with Crippen LogP contribution in [0.2, 0.25) is 0 Å². The fourth-order valence-electron chi connectivity index (χ4n) is 2.66. The van der Waals surface area contributed by atoms with E-state index in [2.05, 4.69) is 15.0 Å². The molecule has 2 aromatic heterocycles. The molecule has 1 aromatic carbocycles. The summed E-state index contributed by atoms with van der Waals surface area (Å²) < 4.78 is 18.5. The molecule has 2 N–H and O–H groups in total. The molecule has 1 atom stereocenters. The minimum atomic E-state index is -1.43. The van der Waals surface area contributed by atoms with Crippen molar-refractivity contribution in [2.75, 3.05) is 19.8 Å². The quantitative estimate of drug-likeness (QED) is 0.434. The molecule has 0 saturated heterocycles. The van der Waals surface area contributed by atoms with E-state index < -0.39 is 10.8 Å². The Morgan fingerprint density at radius 1 is 1.21 bits per heavy atom. The molecular weight excluding hydrogens is 389 g/mol. The molecule has 0 aliphatic rings. The van der Waals surface area contributed by atoms with E-state index in [1.807, 2.05) is 38.1 Å². The summed E-state index contributed by atoms with van der Waals surface area (Å²) in [7, 11) is -1.43. The van der Waals surface area contributed by atoms with Crippen LogP contribution in [0.1, 0.15) is 16.8 Å². The molecule has 3 aromatic rings. The van der Waals surface area contributed by atoms with Gasteiger partial charge in [-0.25, -0.2) is 0 Å². The molecule has 28 heavy (non-hydrogen) atoms. The van der Waals surface area contributed by atoms with Crippen LogP contribution in [0.5, 0.6) is 5.75 Å². The predicted molar refractivity (Wildman–Crippen MR) is 102 cm³/mol. The third-order valence-electron chi connectivity index (χ3n) is 4.31. The van der Waals surface area contributed by atoms with Crippen molar-refractivity contribution in [2.45, 2.75) is 24.8 Å². The predicted octanol–water partition coefficient (Wildman–Crippen LogP) is -1.50. The van der Waals surface area contributed by atoms with E-state index in [1.165, 1.54) is 0 Å². The van der Waals surface area contributed by atoms with Gasteiger partial charge in [-0.15, -0.1) is 0 Å². The normalized spacial score (nSPS) is 12.2. The molecule has 0 aliphatic carbocycles. The van der Waals surface area contributed by atoms with Crippen LogP contribution in [0.25, 0.3) is 11.0 Å². The summed E-state index contributed by atoms with van der Waals surface area (Å²) in [5.41, 5.74) is 3.71. The van der Waals surface area contributed by atoms with Crippen molar-refractivity contribution in [1.82, 2.24) is 15.0 Å². The van der Waals surface area contributed by atoms with Gasteiger partial charge in [0.1, 0.15) is 5.75 Å².